The molecule has 4 N–H and O–H groups in total. The highest BCUT2D eigenvalue weighted by Crippen LogP contribution is 2.25. The molecule has 2 aromatic carbocycles. The van der Waals surface area contributed by atoms with E-state index in [1.165, 1.54) is 0 Å². The number of ether oxygens (including phenoxy) is 1. The third-order valence-corrected chi connectivity index (χ3v) is 4.52. The maximum atomic E-state index is 12.3. The predicted octanol–water partition coefficient (Wildman–Crippen LogP) is 3.50. The molecule has 5 nitrogen and oxygen atoms in total. The van der Waals surface area contributed by atoms with E-state index in [-0.39, 0.29) is 24.4 Å². The van der Waals surface area contributed by atoms with E-state index < -0.39 is 6.10 Å². The number of carbonyl (C=O) groups excluding carboxylic acids is 1. The van der Waals surface area contributed by atoms with Crippen LogP contribution in [0.4, 0.5) is 5.69 Å². The lowest BCUT2D eigenvalue weighted by molar-refractivity contribution is 0.00688. The Morgan fingerprint density at radius 1 is 1.08 bits per heavy atom. The first kappa shape index (κ1) is 20.2. The highest BCUT2D eigenvalue weighted by Gasteiger charge is 2.24. The van der Waals surface area contributed by atoms with Crippen LogP contribution in [0.3, 0.4) is 0 Å². The van der Waals surface area contributed by atoms with E-state index in [2.05, 4.69) is 5.32 Å². The highest BCUT2D eigenvalue weighted by molar-refractivity contribution is 6.04. The zero-order valence-electron chi connectivity index (χ0n) is 14.6. The quantitative estimate of drug-likeness (QED) is 0.745. The van der Waals surface area contributed by atoms with Crippen molar-refractivity contribution in [3.63, 3.8) is 0 Å². The molecule has 0 aromatic heterocycles. The number of nitrogens with one attached hydrogen (secondary N) is 1. The van der Waals surface area contributed by atoms with Crippen LogP contribution in [-0.4, -0.2) is 23.2 Å². The summed E-state index contributed by atoms with van der Waals surface area (Å²) in [5.74, 6) is 0.538. The van der Waals surface area contributed by atoms with Crippen LogP contribution in [0.5, 0.6) is 5.75 Å². The molecule has 0 aliphatic heterocycles. The van der Waals surface area contributed by atoms with E-state index in [1.54, 1.807) is 24.3 Å². The lowest BCUT2D eigenvalue weighted by Crippen LogP contribution is -2.34. The SMILES string of the molecule is Cl.NCc1ccc(C(=O)Nc2ccc(OC3CCCCC3O)cc2)cc1. The summed E-state index contributed by atoms with van der Waals surface area (Å²) >= 11 is 0. The van der Waals surface area contributed by atoms with Crippen LogP contribution in [0, 0.1) is 0 Å². The third kappa shape index (κ3) is 5.21. The Kier molecular flexibility index (Phi) is 7.45. The second-order valence-corrected chi connectivity index (χ2v) is 6.39. The van der Waals surface area contributed by atoms with Crippen molar-refractivity contribution in [2.45, 2.75) is 44.4 Å². The van der Waals surface area contributed by atoms with Gasteiger partial charge < -0.3 is 20.9 Å². The molecule has 26 heavy (non-hydrogen) atoms. The lowest BCUT2D eigenvalue weighted by Gasteiger charge is -2.28. The summed E-state index contributed by atoms with van der Waals surface area (Å²) in [4.78, 5) is 12.3. The number of amides is 1. The van der Waals surface area contributed by atoms with E-state index in [4.69, 9.17) is 10.5 Å². The van der Waals surface area contributed by atoms with Gasteiger partial charge in [-0.25, -0.2) is 0 Å². The molecule has 140 valence electrons. The molecule has 1 aliphatic carbocycles. The number of carbonyl (C=O) groups is 1. The molecule has 1 aliphatic rings. The summed E-state index contributed by atoms with van der Waals surface area (Å²) < 4.78 is 5.86. The lowest BCUT2D eigenvalue weighted by atomic mass is 9.95. The van der Waals surface area contributed by atoms with Gasteiger partial charge in [-0.2, -0.15) is 0 Å². The number of nitrogens with two attached hydrogens (primary N) is 1. The molecule has 6 heteroatoms. The van der Waals surface area contributed by atoms with Crippen LogP contribution < -0.4 is 15.8 Å². The van der Waals surface area contributed by atoms with Crippen molar-refractivity contribution >= 4 is 24.0 Å². The van der Waals surface area contributed by atoms with Gasteiger partial charge in [-0.1, -0.05) is 18.6 Å². The van der Waals surface area contributed by atoms with Gasteiger partial charge in [0, 0.05) is 17.8 Å². The average Bonchev–Trinajstić information content (AvgIpc) is 2.65. The molecule has 2 unspecified atom stereocenters. The molecule has 3 rings (SSSR count). The standard InChI is InChI=1S/C20H24N2O3.ClH/c21-13-14-5-7-15(8-6-14)20(24)22-16-9-11-17(12-10-16)25-19-4-2-1-3-18(19)23;/h5-12,18-19,23H,1-4,13,21H2,(H,22,24);1H. The Balaban J connectivity index is 0.00000243. The first-order valence-corrected chi connectivity index (χ1v) is 8.71. The summed E-state index contributed by atoms with van der Waals surface area (Å²) in [6.45, 7) is 0.457. The van der Waals surface area contributed by atoms with Crippen LogP contribution in [-0.2, 0) is 6.54 Å². The minimum Gasteiger partial charge on any atom is -0.488 e. The molecule has 2 atom stereocenters. The minimum atomic E-state index is -0.398. The molecule has 0 radical (unpaired) electrons. The number of anilines is 1. The first-order valence-electron chi connectivity index (χ1n) is 8.71. The zero-order chi connectivity index (χ0) is 17.6. The summed E-state index contributed by atoms with van der Waals surface area (Å²) in [6, 6.07) is 14.5. The molecule has 0 bridgehead atoms. The topological polar surface area (TPSA) is 84.6 Å². The van der Waals surface area contributed by atoms with Crippen molar-refractivity contribution < 1.29 is 14.6 Å². The predicted molar refractivity (Wildman–Crippen MR) is 105 cm³/mol. The Hall–Kier alpha value is -2.08. The van der Waals surface area contributed by atoms with Gasteiger partial charge in [-0.3, -0.25) is 4.79 Å². The van der Waals surface area contributed by atoms with Crippen molar-refractivity contribution in [3.05, 3.63) is 59.7 Å². The number of halogens is 1. The van der Waals surface area contributed by atoms with Crippen molar-refractivity contribution in [2.24, 2.45) is 5.73 Å². The molecular formula is C20H25ClN2O3. The van der Waals surface area contributed by atoms with Gasteiger partial charge in [0.15, 0.2) is 0 Å². The van der Waals surface area contributed by atoms with Crippen LogP contribution in [0.15, 0.2) is 48.5 Å². The summed E-state index contributed by atoms with van der Waals surface area (Å²) in [6.07, 6.45) is 3.26. The number of hydrogen-bond donors (Lipinski definition) is 3. The monoisotopic (exact) mass is 376 g/mol. The molecule has 1 amide bonds. The Morgan fingerprint density at radius 3 is 2.35 bits per heavy atom. The normalized spacial score (nSPS) is 19.3. The fourth-order valence-corrected chi connectivity index (χ4v) is 3.00. The second-order valence-electron chi connectivity index (χ2n) is 6.39. The van der Waals surface area contributed by atoms with E-state index >= 15 is 0 Å². The van der Waals surface area contributed by atoms with Crippen LogP contribution >= 0.6 is 12.4 Å². The van der Waals surface area contributed by atoms with E-state index in [1.807, 2.05) is 24.3 Å². The van der Waals surface area contributed by atoms with E-state index in [0.717, 1.165) is 31.2 Å². The molecule has 0 spiro atoms. The van der Waals surface area contributed by atoms with Crippen molar-refractivity contribution in [1.29, 1.82) is 0 Å². The summed E-state index contributed by atoms with van der Waals surface area (Å²) in [7, 11) is 0. The Bertz CT molecular complexity index is 704. The van der Waals surface area contributed by atoms with Gasteiger partial charge in [0.25, 0.3) is 5.91 Å². The zero-order valence-corrected chi connectivity index (χ0v) is 15.4. The molecule has 2 aromatic rings. The fraction of sp³-hybridized carbons (Fsp3) is 0.350. The summed E-state index contributed by atoms with van der Waals surface area (Å²) in [5, 5.41) is 12.8. The van der Waals surface area contributed by atoms with Gasteiger partial charge >= 0.3 is 0 Å². The first-order chi connectivity index (χ1) is 12.2. The number of rotatable bonds is 5. The number of aliphatic hydroxyl groups is 1. The number of hydrogen-bond acceptors (Lipinski definition) is 4. The van der Waals surface area contributed by atoms with Gasteiger partial charge in [0.05, 0.1) is 6.10 Å². The van der Waals surface area contributed by atoms with Crippen LogP contribution in [0.2, 0.25) is 0 Å². The summed E-state index contributed by atoms with van der Waals surface area (Å²) in [5.41, 5.74) is 7.83. The van der Waals surface area contributed by atoms with E-state index in [0.29, 0.717) is 23.5 Å². The molecule has 0 saturated heterocycles. The fourth-order valence-electron chi connectivity index (χ4n) is 3.00. The molecular weight excluding hydrogens is 352 g/mol. The minimum absolute atomic E-state index is 0. The van der Waals surface area contributed by atoms with Crippen molar-refractivity contribution in [2.75, 3.05) is 5.32 Å². The smallest absolute Gasteiger partial charge is 0.255 e. The van der Waals surface area contributed by atoms with Gasteiger partial charge in [0.2, 0.25) is 0 Å². The maximum Gasteiger partial charge on any atom is 0.255 e. The van der Waals surface area contributed by atoms with Gasteiger partial charge in [-0.05, 0) is 61.2 Å². The van der Waals surface area contributed by atoms with Gasteiger partial charge in [0.1, 0.15) is 11.9 Å². The van der Waals surface area contributed by atoms with E-state index in [9.17, 15) is 9.90 Å². The van der Waals surface area contributed by atoms with Crippen LogP contribution in [0.25, 0.3) is 0 Å². The third-order valence-electron chi connectivity index (χ3n) is 4.52. The maximum absolute atomic E-state index is 12.3. The average molecular weight is 377 g/mol. The van der Waals surface area contributed by atoms with Crippen LogP contribution in [0.1, 0.15) is 41.6 Å². The number of benzene rings is 2. The Labute approximate surface area is 160 Å². The highest BCUT2D eigenvalue weighted by atomic mass is 35.5. The largest absolute Gasteiger partial charge is 0.488 e. The van der Waals surface area contributed by atoms with Gasteiger partial charge in [-0.15, -0.1) is 12.4 Å². The second kappa shape index (κ2) is 9.57. The molecule has 1 saturated carbocycles. The molecule has 1 fully saturated rings. The van der Waals surface area contributed by atoms with Crippen molar-refractivity contribution in [1.82, 2.24) is 0 Å². The van der Waals surface area contributed by atoms with Crippen molar-refractivity contribution in [3.8, 4) is 5.75 Å². The number of aliphatic hydroxyl groups excluding tert-OH is 1. The molecule has 0 heterocycles. The Morgan fingerprint density at radius 2 is 1.73 bits per heavy atom.